The van der Waals surface area contributed by atoms with Crippen molar-refractivity contribution in [3.8, 4) is 6.07 Å². The topological polar surface area (TPSA) is 61.1 Å². The van der Waals surface area contributed by atoms with Gasteiger partial charge in [-0.25, -0.2) is 0 Å². The second-order valence-corrected chi connectivity index (χ2v) is 2.61. The summed E-state index contributed by atoms with van der Waals surface area (Å²) in [4.78, 5) is 10.3. The molecule has 0 aliphatic heterocycles. The van der Waals surface area contributed by atoms with Gasteiger partial charge in [0, 0.05) is 0 Å². The summed E-state index contributed by atoms with van der Waals surface area (Å²) in [5, 5.41) is 16.7. The molecule has 1 aliphatic rings. The Morgan fingerprint density at radius 1 is 2.00 bits per heavy atom. The first kappa shape index (κ1) is 6.09. The van der Waals surface area contributed by atoms with Crippen LogP contribution in [0.25, 0.3) is 0 Å². The van der Waals surface area contributed by atoms with Crippen LogP contribution >= 0.6 is 0 Å². The highest BCUT2D eigenvalue weighted by molar-refractivity contribution is 5.78. The predicted molar refractivity (Wildman–Crippen MR) is 29.5 cm³/mol. The van der Waals surface area contributed by atoms with E-state index in [9.17, 15) is 4.79 Å². The van der Waals surface area contributed by atoms with Crippen LogP contribution in [0.5, 0.6) is 0 Å². The number of carbonyl (C=O) groups is 1. The lowest BCUT2D eigenvalue weighted by molar-refractivity contribution is -0.142. The Labute approximate surface area is 52.9 Å². The Morgan fingerprint density at radius 3 is 2.67 bits per heavy atom. The molecule has 9 heavy (non-hydrogen) atoms. The molecule has 0 unspecified atom stereocenters. The van der Waals surface area contributed by atoms with Gasteiger partial charge < -0.3 is 5.11 Å². The SMILES string of the molecule is C[C@@]1(C(=O)O)C[C@H]1C#N. The van der Waals surface area contributed by atoms with E-state index in [4.69, 9.17) is 10.4 Å². The highest BCUT2D eigenvalue weighted by Gasteiger charge is 2.57. The third-order valence-electron chi connectivity index (χ3n) is 1.88. The molecule has 48 valence electrons. The number of nitriles is 1. The Kier molecular flexibility index (Phi) is 0.995. The summed E-state index contributed by atoms with van der Waals surface area (Å²) in [5.74, 6) is -1.11. The molecule has 0 spiro atoms. The fraction of sp³-hybridized carbons (Fsp3) is 0.667. The number of carboxylic acids is 1. The summed E-state index contributed by atoms with van der Waals surface area (Å²) in [6, 6.07) is 1.93. The standard InChI is InChI=1S/C6H7NO2/c1-6(5(8)9)2-4(6)3-7/h4H,2H2,1H3,(H,8,9)/t4-,6+/m0/s1. The van der Waals surface area contributed by atoms with Gasteiger partial charge in [0.1, 0.15) is 0 Å². The zero-order chi connectivity index (χ0) is 7.07. The van der Waals surface area contributed by atoms with E-state index in [1.54, 1.807) is 6.92 Å². The monoisotopic (exact) mass is 125 g/mol. The van der Waals surface area contributed by atoms with E-state index >= 15 is 0 Å². The van der Waals surface area contributed by atoms with Crippen LogP contribution in [0.1, 0.15) is 13.3 Å². The minimum absolute atomic E-state index is 0.255. The quantitative estimate of drug-likeness (QED) is 0.558. The van der Waals surface area contributed by atoms with E-state index in [1.807, 2.05) is 6.07 Å². The largest absolute Gasteiger partial charge is 0.481 e. The third kappa shape index (κ3) is 0.672. The summed E-state index contributed by atoms with van der Waals surface area (Å²) in [6.45, 7) is 1.60. The van der Waals surface area contributed by atoms with Crippen molar-refractivity contribution < 1.29 is 9.90 Å². The number of aliphatic carboxylic acids is 1. The van der Waals surface area contributed by atoms with Gasteiger partial charge in [-0.3, -0.25) is 4.79 Å². The van der Waals surface area contributed by atoms with Crippen molar-refractivity contribution in [2.24, 2.45) is 11.3 Å². The highest BCUT2D eigenvalue weighted by Crippen LogP contribution is 2.51. The molecule has 1 rings (SSSR count). The zero-order valence-electron chi connectivity index (χ0n) is 5.09. The van der Waals surface area contributed by atoms with E-state index in [-0.39, 0.29) is 5.92 Å². The van der Waals surface area contributed by atoms with Gasteiger partial charge in [0.2, 0.25) is 0 Å². The molecule has 0 aromatic rings. The molecule has 3 heteroatoms. The molecule has 0 bridgehead atoms. The van der Waals surface area contributed by atoms with E-state index in [0.29, 0.717) is 6.42 Å². The van der Waals surface area contributed by atoms with E-state index in [2.05, 4.69) is 0 Å². The lowest BCUT2D eigenvalue weighted by Crippen LogP contribution is -2.12. The van der Waals surface area contributed by atoms with Gasteiger partial charge in [-0.05, 0) is 13.3 Å². The van der Waals surface area contributed by atoms with Crippen molar-refractivity contribution in [2.75, 3.05) is 0 Å². The number of nitrogens with zero attached hydrogens (tertiary/aromatic N) is 1. The molecule has 0 aromatic heterocycles. The van der Waals surface area contributed by atoms with Gasteiger partial charge in [0.05, 0.1) is 17.4 Å². The second-order valence-electron chi connectivity index (χ2n) is 2.61. The molecular weight excluding hydrogens is 118 g/mol. The van der Waals surface area contributed by atoms with Crippen molar-refractivity contribution in [3.63, 3.8) is 0 Å². The third-order valence-corrected chi connectivity index (χ3v) is 1.88. The van der Waals surface area contributed by atoms with Crippen LogP contribution in [0, 0.1) is 22.7 Å². The Balaban J connectivity index is 2.65. The molecule has 2 atom stereocenters. The average Bonchev–Trinajstić information content (AvgIpc) is 2.44. The molecule has 1 N–H and O–H groups in total. The van der Waals surface area contributed by atoms with Crippen LogP contribution in [0.2, 0.25) is 0 Å². The van der Waals surface area contributed by atoms with Crippen LogP contribution in [0.3, 0.4) is 0 Å². The summed E-state index contributed by atoms with van der Waals surface area (Å²) < 4.78 is 0. The first-order valence-corrected chi connectivity index (χ1v) is 2.74. The molecule has 0 radical (unpaired) electrons. The normalized spacial score (nSPS) is 39.3. The summed E-state index contributed by atoms with van der Waals surface area (Å²) in [5.41, 5.74) is -0.727. The van der Waals surface area contributed by atoms with Gasteiger partial charge in [-0.1, -0.05) is 0 Å². The van der Waals surface area contributed by atoms with Crippen molar-refractivity contribution in [3.05, 3.63) is 0 Å². The lowest BCUT2D eigenvalue weighted by atomic mass is 10.1. The van der Waals surface area contributed by atoms with Crippen molar-refractivity contribution in [1.82, 2.24) is 0 Å². The van der Waals surface area contributed by atoms with Gasteiger partial charge in [-0.15, -0.1) is 0 Å². The fourth-order valence-electron chi connectivity index (χ4n) is 0.790. The Hall–Kier alpha value is -1.04. The maximum absolute atomic E-state index is 10.3. The van der Waals surface area contributed by atoms with E-state index in [1.165, 1.54) is 0 Å². The zero-order valence-corrected chi connectivity index (χ0v) is 5.09. The highest BCUT2D eigenvalue weighted by atomic mass is 16.4. The molecule has 1 saturated carbocycles. The molecule has 3 nitrogen and oxygen atoms in total. The van der Waals surface area contributed by atoms with Crippen molar-refractivity contribution >= 4 is 5.97 Å². The maximum atomic E-state index is 10.3. The number of hydrogen-bond donors (Lipinski definition) is 1. The van der Waals surface area contributed by atoms with E-state index < -0.39 is 11.4 Å². The molecule has 0 heterocycles. The van der Waals surface area contributed by atoms with Crippen molar-refractivity contribution in [1.29, 1.82) is 5.26 Å². The summed E-state index contributed by atoms with van der Waals surface area (Å²) in [6.07, 6.45) is 0.513. The van der Waals surface area contributed by atoms with Gasteiger partial charge in [-0.2, -0.15) is 5.26 Å². The number of rotatable bonds is 1. The molecule has 0 saturated heterocycles. The predicted octanol–water partition coefficient (Wildman–Crippen LogP) is 0.621. The lowest BCUT2D eigenvalue weighted by Gasteiger charge is -1.96. The van der Waals surface area contributed by atoms with Crippen molar-refractivity contribution in [2.45, 2.75) is 13.3 Å². The van der Waals surface area contributed by atoms with E-state index in [0.717, 1.165) is 0 Å². The maximum Gasteiger partial charge on any atom is 0.310 e. The van der Waals surface area contributed by atoms with Crippen LogP contribution in [0.4, 0.5) is 0 Å². The number of hydrogen-bond acceptors (Lipinski definition) is 2. The molecule has 1 fully saturated rings. The molecule has 0 aromatic carbocycles. The average molecular weight is 125 g/mol. The van der Waals surface area contributed by atoms with Crippen LogP contribution < -0.4 is 0 Å². The van der Waals surface area contributed by atoms with Gasteiger partial charge >= 0.3 is 5.97 Å². The molecule has 1 aliphatic carbocycles. The Bertz CT molecular complexity index is 194. The minimum atomic E-state index is -0.853. The minimum Gasteiger partial charge on any atom is -0.481 e. The van der Waals surface area contributed by atoms with Gasteiger partial charge in [0.25, 0.3) is 0 Å². The molecular formula is C6H7NO2. The fourth-order valence-corrected chi connectivity index (χ4v) is 0.790. The van der Waals surface area contributed by atoms with Crippen LogP contribution in [0.15, 0.2) is 0 Å². The summed E-state index contributed by atoms with van der Waals surface area (Å²) in [7, 11) is 0. The molecule has 0 amide bonds. The van der Waals surface area contributed by atoms with Gasteiger partial charge in [0.15, 0.2) is 0 Å². The summed E-state index contributed by atoms with van der Waals surface area (Å²) >= 11 is 0. The number of carboxylic acid groups (broad SMARTS) is 1. The smallest absolute Gasteiger partial charge is 0.310 e. The Morgan fingerprint density at radius 2 is 2.56 bits per heavy atom. The van der Waals surface area contributed by atoms with Crippen LogP contribution in [-0.2, 0) is 4.79 Å². The second kappa shape index (κ2) is 1.47. The first-order chi connectivity index (χ1) is 4.11. The van der Waals surface area contributed by atoms with Crippen LogP contribution in [-0.4, -0.2) is 11.1 Å². The first-order valence-electron chi connectivity index (χ1n) is 2.74.